The van der Waals surface area contributed by atoms with Gasteiger partial charge in [0.2, 0.25) is 0 Å². The van der Waals surface area contributed by atoms with Crippen LogP contribution < -0.4 is 0 Å². The summed E-state index contributed by atoms with van der Waals surface area (Å²) in [6.45, 7) is 2.99. The second-order valence-corrected chi connectivity index (χ2v) is 8.11. The van der Waals surface area contributed by atoms with E-state index < -0.39 is 0 Å². The van der Waals surface area contributed by atoms with Crippen molar-refractivity contribution in [3.8, 4) is 0 Å². The molecule has 5 rings (SSSR count). The van der Waals surface area contributed by atoms with Gasteiger partial charge in [0, 0.05) is 12.6 Å². The van der Waals surface area contributed by atoms with E-state index in [1.807, 2.05) is 6.92 Å². The zero-order chi connectivity index (χ0) is 14.4. The van der Waals surface area contributed by atoms with Gasteiger partial charge >= 0.3 is 0 Å². The highest BCUT2D eigenvalue weighted by Gasteiger charge is 2.44. The Hall–Kier alpha value is -0.570. The molecule has 3 nitrogen and oxygen atoms in total. The van der Waals surface area contributed by atoms with Crippen LogP contribution in [-0.4, -0.2) is 35.6 Å². The lowest BCUT2D eigenvalue weighted by Gasteiger charge is -2.39. The molecule has 2 heterocycles. The fraction of sp³-hybridized carbons (Fsp3) is 0.944. The normalized spacial score (nSPS) is 40.5. The largest absolute Gasteiger partial charge is 0.365 e. The van der Waals surface area contributed by atoms with Gasteiger partial charge in [-0.05, 0) is 69.6 Å². The molecule has 0 radical (unpaired) electrons. The van der Waals surface area contributed by atoms with Crippen molar-refractivity contribution in [1.82, 2.24) is 4.90 Å². The Kier molecular flexibility index (Phi) is 3.72. The molecule has 0 aromatic rings. The van der Waals surface area contributed by atoms with Crippen LogP contribution in [0.2, 0.25) is 0 Å². The first kappa shape index (κ1) is 14.0. The minimum atomic E-state index is -0.233. The van der Waals surface area contributed by atoms with Crippen LogP contribution in [0.4, 0.5) is 0 Å². The van der Waals surface area contributed by atoms with E-state index in [-0.39, 0.29) is 12.0 Å². The van der Waals surface area contributed by atoms with E-state index in [0.717, 1.165) is 37.1 Å². The molecule has 0 aromatic carbocycles. The fourth-order valence-corrected chi connectivity index (χ4v) is 5.66. The highest BCUT2D eigenvalue weighted by Crippen LogP contribution is 2.47. The summed E-state index contributed by atoms with van der Waals surface area (Å²) < 4.78 is 6.06. The van der Waals surface area contributed by atoms with Gasteiger partial charge in [-0.15, -0.1) is 0 Å². The van der Waals surface area contributed by atoms with Crippen molar-refractivity contribution < 1.29 is 9.53 Å². The molecule has 1 amide bonds. The molecular weight excluding hydrogens is 262 g/mol. The molecule has 3 atom stereocenters. The number of hydrogen-bond acceptors (Lipinski definition) is 2. The van der Waals surface area contributed by atoms with E-state index in [1.165, 1.54) is 44.9 Å². The Morgan fingerprint density at radius 1 is 1.00 bits per heavy atom. The summed E-state index contributed by atoms with van der Waals surface area (Å²) in [6, 6.07) is 0.517. The summed E-state index contributed by atoms with van der Waals surface area (Å²) >= 11 is 0. The molecule has 3 saturated carbocycles. The highest BCUT2D eigenvalue weighted by atomic mass is 16.5. The van der Waals surface area contributed by atoms with Gasteiger partial charge in [-0.25, -0.2) is 0 Å². The lowest BCUT2D eigenvalue weighted by molar-refractivity contribution is -0.149. The van der Waals surface area contributed by atoms with Crippen molar-refractivity contribution in [2.75, 3.05) is 6.54 Å². The van der Waals surface area contributed by atoms with E-state index in [2.05, 4.69) is 4.90 Å². The van der Waals surface area contributed by atoms with Crippen molar-refractivity contribution in [1.29, 1.82) is 0 Å². The fourth-order valence-electron chi connectivity index (χ4n) is 5.66. The topological polar surface area (TPSA) is 29.5 Å². The smallest absolute Gasteiger partial charge is 0.251 e. The quantitative estimate of drug-likeness (QED) is 0.798. The molecule has 2 saturated heterocycles. The summed E-state index contributed by atoms with van der Waals surface area (Å²) in [5.41, 5.74) is 0. The molecule has 5 fully saturated rings. The van der Waals surface area contributed by atoms with Crippen LogP contribution >= 0.6 is 0 Å². The maximum absolute atomic E-state index is 12.9. The molecule has 3 aliphatic carbocycles. The lowest BCUT2D eigenvalue weighted by Crippen LogP contribution is -2.47. The standard InChI is InChI=1S/C18H29NO2/c1-12(21-17-4-2-3-5-17)18(20)19-11-15-7-13-6-14(8-15)10-16(19)9-13/h12-17H,2-11H2,1H3. The van der Waals surface area contributed by atoms with Gasteiger partial charge in [0.25, 0.3) is 5.91 Å². The minimum absolute atomic E-state index is 0.233. The number of hydrogen-bond donors (Lipinski definition) is 0. The first-order valence-corrected chi connectivity index (χ1v) is 9.15. The van der Waals surface area contributed by atoms with Gasteiger partial charge in [0.05, 0.1) is 6.10 Å². The van der Waals surface area contributed by atoms with Crippen LogP contribution in [0.15, 0.2) is 0 Å². The van der Waals surface area contributed by atoms with Gasteiger partial charge in [-0.1, -0.05) is 12.8 Å². The van der Waals surface area contributed by atoms with Crippen molar-refractivity contribution in [2.24, 2.45) is 17.8 Å². The van der Waals surface area contributed by atoms with Crippen LogP contribution in [0.5, 0.6) is 0 Å². The number of rotatable bonds is 3. The Morgan fingerprint density at radius 3 is 2.29 bits per heavy atom. The van der Waals surface area contributed by atoms with Crippen molar-refractivity contribution in [3.05, 3.63) is 0 Å². The maximum atomic E-state index is 12.9. The monoisotopic (exact) mass is 291 g/mol. The number of carbonyl (C=O) groups is 1. The van der Waals surface area contributed by atoms with E-state index in [4.69, 9.17) is 4.74 Å². The van der Waals surface area contributed by atoms with Crippen LogP contribution in [-0.2, 0) is 9.53 Å². The van der Waals surface area contributed by atoms with Gasteiger partial charge in [0.15, 0.2) is 0 Å². The van der Waals surface area contributed by atoms with Crippen LogP contribution in [0.25, 0.3) is 0 Å². The van der Waals surface area contributed by atoms with E-state index >= 15 is 0 Å². The third-order valence-corrected chi connectivity index (χ3v) is 6.44. The van der Waals surface area contributed by atoms with Gasteiger partial charge in [-0.3, -0.25) is 4.79 Å². The van der Waals surface area contributed by atoms with E-state index in [9.17, 15) is 4.79 Å². The first-order valence-electron chi connectivity index (χ1n) is 9.15. The predicted molar refractivity (Wildman–Crippen MR) is 81.9 cm³/mol. The number of carbonyl (C=O) groups excluding carboxylic acids is 1. The molecular formula is C18H29NO2. The van der Waals surface area contributed by atoms with E-state index in [1.54, 1.807) is 0 Å². The Morgan fingerprint density at radius 2 is 1.62 bits per heavy atom. The molecule has 0 N–H and O–H groups in total. The Balaban J connectivity index is 1.43. The summed E-state index contributed by atoms with van der Waals surface area (Å²) in [5, 5.41) is 0. The zero-order valence-electron chi connectivity index (χ0n) is 13.3. The molecule has 2 aliphatic heterocycles. The number of amides is 1. The molecule has 5 aliphatic rings. The van der Waals surface area contributed by atoms with Gasteiger partial charge in [0.1, 0.15) is 6.10 Å². The molecule has 0 aromatic heterocycles. The highest BCUT2D eigenvalue weighted by molar-refractivity contribution is 5.81. The molecule has 3 unspecified atom stereocenters. The van der Waals surface area contributed by atoms with Crippen LogP contribution in [0.3, 0.4) is 0 Å². The van der Waals surface area contributed by atoms with Gasteiger partial charge in [-0.2, -0.15) is 0 Å². The third-order valence-electron chi connectivity index (χ3n) is 6.44. The molecule has 118 valence electrons. The Labute approximate surface area is 128 Å². The molecule has 4 bridgehead atoms. The summed E-state index contributed by atoms with van der Waals surface area (Å²) in [6.07, 6.45) is 11.6. The summed E-state index contributed by atoms with van der Waals surface area (Å²) in [4.78, 5) is 15.1. The molecule has 21 heavy (non-hydrogen) atoms. The SMILES string of the molecule is CC(OC1CCCC1)C(=O)N1CC2CC3CC(C2)CC1C3. The first-order chi connectivity index (χ1) is 10.2. The lowest BCUT2D eigenvalue weighted by atomic mass is 9.68. The van der Waals surface area contributed by atoms with Gasteiger partial charge < -0.3 is 9.64 Å². The molecule has 0 spiro atoms. The van der Waals surface area contributed by atoms with Crippen molar-refractivity contribution >= 4 is 5.91 Å². The van der Waals surface area contributed by atoms with Crippen molar-refractivity contribution in [3.63, 3.8) is 0 Å². The van der Waals surface area contributed by atoms with Crippen molar-refractivity contribution in [2.45, 2.75) is 83.0 Å². The minimum Gasteiger partial charge on any atom is -0.365 e. The third kappa shape index (κ3) is 2.74. The van der Waals surface area contributed by atoms with Crippen LogP contribution in [0.1, 0.15) is 64.7 Å². The maximum Gasteiger partial charge on any atom is 0.251 e. The summed E-state index contributed by atoms with van der Waals surface area (Å²) in [5.74, 6) is 2.84. The number of nitrogens with zero attached hydrogens (tertiary/aromatic N) is 1. The zero-order valence-corrected chi connectivity index (χ0v) is 13.3. The average molecular weight is 291 g/mol. The summed E-state index contributed by atoms with van der Waals surface area (Å²) in [7, 11) is 0. The second-order valence-electron chi connectivity index (χ2n) is 8.11. The Bertz CT molecular complexity index is 390. The second kappa shape index (κ2) is 5.57. The molecule has 3 heteroatoms. The average Bonchev–Trinajstić information content (AvgIpc) is 2.88. The number of fused-ring (bicyclic) bond motifs is 1. The predicted octanol–water partition coefficient (Wildman–Crippen LogP) is 3.37. The number of ether oxygens (including phenoxy) is 1. The van der Waals surface area contributed by atoms with Crippen LogP contribution in [0, 0.1) is 17.8 Å². The van der Waals surface area contributed by atoms with E-state index in [0.29, 0.717) is 12.1 Å².